The summed E-state index contributed by atoms with van der Waals surface area (Å²) in [5.41, 5.74) is 17.3. The van der Waals surface area contributed by atoms with Crippen molar-refractivity contribution in [1.29, 1.82) is 0 Å². The lowest BCUT2D eigenvalue weighted by Gasteiger charge is -2.28. The van der Waals surface area contributed by atoms with Crippen molar-refractivity contribution in [2.45, 2.75) is 44.7 Å². The lowest BCUT2D eigenvalue weighted by atomic mass is 9.86. The number of nitrogens with two attached hydrogens (primary N) is 2. The summed E-state index contributed by atoms with van der Waals surface area (Å²) in [5.74, 6) is 1.02. The molecule has 30 heavy (non-hydrogen) atoms. The predicted octanol–water partition coefficient (Wildman–Crippen LogP) is 2.45. The van der Waals surface area contributed by atoms with Crippen LogP contribution in [-0.4, -0.2) is 39.2 Å². The number of benzene rings is 1. The number of H-pyrrole nitrogens is 1. The van der Waals surface area contributed by atoms with Crippen molar-refractivity contribution in [3.05, 3.63) is 58.8 Å². The summed E-state index contributed by atoms with van der Waals surface area (Å²) in [7, 11) is 0. The maximum Gasteiger partial charge on any atom is 0.203 e. The van der Waals surface area contributed by atoms with Crippen LogP contribution in [0.25, 0.3) is 11.2 Å². The van der Waals surface area contributed by atoms with E-state index in [2.05, 4.69) is 61.9 Å². The van der Waals surface area contributed by atoms with Crippen molar-refractivity contribution in [1.82, 2.24) is 25.7 Å². The molecule has 1 aliphatic rings. The zero-order valence-corrected chi connectivity index (χ0v) is 17.2. The van der Waals surface area contributed by atoms with Crippen LogP contribution in [-0.2, 0) is 13.0 Å². The number of aliphatic imine (C=N–C) groups is 1. The summed E-state index contributed by atoms with van der Waals surface area (Å²) >= 11 is 0. The van der Waals surface area contributed by atoms with Gasteiger partial charge in [0.2, 0.25) is 5.65 Å². The first-order valence-corrected chi connectivity index (χ1v) is 10.3. The van der Waals surface area contributed by atoms with Crippen LogP contribution < -0.4 is 16.8 Å². The molecule has 3 heterocycles. The molecule has 0 aliphatic carbocycles. The molecule has 8 heteroatoms. The number of hydrogen-bond acceptors (Lipinski definition) is 7. The number of allylic oxidation sites excluding steroid dienone is 1. The Kier molecular flexibility index (Phi) is 6.04. The van der Waals surface area contributed by atoms with Crippen LogP contribution in [0.2, 0.25) is 0 Å². The van der Waals surface area contributed by atoms with Crippen LogP contribution in [0.3, 0.4) is 0 Å². The van der Waals surface area contributed by atoms with Gasteiger partial charge in [0.1, 0.15) is 11.3 Å². The first-order valence-electron chi connectivity index (χ1n) is 10.3. The molecule has 2 unspecified atom stereocenters. The number of fused-ring (bicyclic) bond motifs is 1. The van der Waals surface area contributed by atoms with E-state index >= 15 is 0 Å². The summed E-state index contributed by atoms with van der Waals surface area (Å²) in [6.07, 6.45) is 6.31. The lowest BCUT2D eigenvalue weighted by Crippen LogP contribution is -2.34. The van der Waals surface area contributed by atoms with Crippen LogP contribution in [0.4, 0.5) is 5.82 Å². The van der Waals surface area contributed by atoms with Crippen molar-refractivity contribution < 1.29 is 0 Å². The Bertz CT molecular complexity index is 1070. The number of aromatic nitrogens is 4. The monoisotopic (exact) mass is 404 g/mol. The van der Waals surface area contributed by atoms with Crippen molar-refractivity contribution >= 4 is 23.2 Å². The molecule has 0 spiro atoms. The third-order valence-corrected chi connectivity index (χ3v) is 5.58. The van der Waals surface area contributed by atoms with Crippen LogP contribution in [0, 0.1) is 0 Å². The number of aromatic amines is 1. The smallest absolute Gasteiger partial charge is 0.203 e. The van der Waals surface area contributed by atoms with Gasteiger partial charge in [0.05, 0.1) is 6.54 Å². The molecule has 8 nitrogen and oxygen atoms in total. The molecule has 0 radical (unpaired) electrons. The zero-order valence-electron chi connectivity index (χ0n) is 17.2. The second-order valence-electron chi connectivity index (χ2n) is 7.91. The second kappa shape index (κ2) is 9.04. The molecular weight excluding hydrogens is 376 g/mol. The molecule has 156 valence electrons. The van der Waals surface area contributed by atoms with E-state index in [1.165, 1.54) is 24.0 Å². The summed E-state index contributed by atoms with van der Waals surface area (Å²) < 4.78 is 0. The number of piperidine rings is 1. The van der Waals surface area contributed by atoms with Gasteiger partial charge >= 0.3 is 0 Å². The maximum absolute atomic E-state index is 5.88. The molecule has 0 bridgehead atoms. The van der Waals surface area contributed by atoms with Gasteiger partial charge in [-0.05, 0) is 66.8 Å². The van der Waals surface area contributed by atoms with Gasteiger partial charge < -0.3 is 16.8 Å². The highest BCUT2D eigenvalue weighted by atomic mass is 15.3. The van der Waals surface area contributed by atoms with Gasteiger partial charge in [0.15, 0.2) is 0 Å². The maximum atomic E-state index is 5.88. The largest absolute Gasteiger partial charge is 0.404 e. The molecule has 3 aromatic rings. The summed E-state index contributed by atoms with van der Waals surface area (Å²) in [6.45, 7) is 3.95. The molecule has 1 fully saturated rings. The summed E-state index contributed by atoms with van der Waals surface area (Å²) in [5, 5.41) is 14.3. The first-order chi connectivity index (χ1) is 14.6. The number of nitrogens with one attached hydrogen (secondary N) is 2. The fourth-order valence-electron chi connectivity index (χ4n) is 4.07. The Balaban J connectivity index is 1.43. The van der Waals surface area contributed by atoms with Gasteiger partial charge in [-0.2, -0.15) is 10.3 Å². The highest BCUT2D eigenvalue weighted by Crippen LogP contribution is 2.28. The number of hydrogen-bond donors (Lipinski definition) is 4. The van der Waals surface area contributed by atoms with Crippen molar-refractivity contribution in [3.63, 3.8) is 0 Å². The van der Waals surface area contributed by atoms with Crippen molar-refractivity contribution in [2.24, 2.45) is 10.7 Å². The lowest BCUT2D eigenvalue weighted by molar-refractivity contribution is 0.381. The van der Waals surface area contributed by atoms with Gasteiger partial charge in [-0.15, -0.1) is 5.10 Å². The zero-order chi connectivity index (χ0) is 20.9. The normalized spacial score (nSPS) is 20.2. The molecule has 0 amide bonds. The van der Waals surface area contributed by atoms with Gasteiger partial charge in [0, 0.05) is 18.7 Å². The third kappa shape index (κ3) is 4.65. The summed E-state index contributed by atoms with van der Waals surface area (Å²) in [4.78, 5) is 8.79. The number of pyridine rings is 1. The number of rotatable bonds is 6. The quantitative estimate of drug-likeness (QED) is 0.467. The molecule has 2 aromatic heterocycles. The Hall–Kier alpha value is -3.26. The van der Waals surface area contributed by atoms with E-state index in [9.17, 15) is 0 Å². The Morgan fingerprint density at radius 3 is 3.03 bits per heavy atom. The third-order valence-electron chi connectivity index (χ3n) is 5.58. The van der Waals surface area contributed by atoms with Crippen molar-refractivity contribution in [2.75, 3.05) is 12.3 Å². The van der Waals surface area contributed by atoms with Gasteiger partial charge in [-0.25, -0.2) is 4.98 Å². The van der Waals surface area contributed by atoms with Gasteiger partial charge in [0.25, 0.3) is 0 Å². The molecule has 1 aromatic carbocycles. The molecule has 2 atom stereocenters. The number of nitrogen functional groups attached to an aromatic ring is 1. The first kappa shape index (κ1) is 20.0. The highest BCUT2D eigenvalue weighted by Gasteiger charge is 2.19. The second-order valence-corrected chi connectivity index (χ2v) is 7.91. The number of anilines is 1. The standard InChI is InChI=1S/C22H28N8/c1-14-7-18(5-6-26-14)17-4-2-3-15(8-17)12-25-13-16(11-23)9-19-10-20(24)27-22-21(19)28-30-29-22/h2-4,8,10-11,13-14,18,26H,5-7,9,12,23H2,1H3,(H3,24,27,28,29,30). The molecular formula is C22H28N8. The van der Waals surface area contributed by atoms with E-state index in [0.29, 0.717) is 41.9 Å². The minimum atomic E-state index is 0.406. The molecule has 1 saturated heterocycles. The van der Waals surface area contributed by atoms with E-state index < -0.39 is 0 Å². The minimum Gasteiger partial charge on any atom is -0.404 e. The Morgan fingerprint density at radius 2 is 2.20 bits per heavy atom. The van der Waals surface area contributed by atoms with E-state index in [0.717, 1.165) is 17.7 Å². The molecule has 4 rings (SSSR count). The van der Waals surface area contributed by atoms with Gasteiger partial charge in [-0.1, -0.05) is 24.3 Å². The molecule has 1 aliphatic heterocycles. The highest BCUT2D eigenvalue weighted by molar-refractivity contribution is 5.82. The topological polar surface area (TPSA) is 131 Å². The average Bonchev–Trinajstić information content (AvgIpc) is 3.22. The van der Waals surface area contributed by atoms with Crippen LogP contribution in [0.1, 0.15) is 42.4 Å². The molecule has 6 N–H and O–H groups in total. The van der Waals surface area contributed by atoms with Crippen LogP contribution >= 0.6 is 0 Å². The summed E-state index contributed by atoms with van der Waals surface area (Å²) in [6, 6.07) is 11.1. The van der Waals surface area contributed by atoms with E-state index in [1.54, 1.807) is 12.3 Å². The average molecular weight is 405 g/mol. The van der Waals surface area contributed by atoms with E-state index in [-0.39, 0.29) is 0 Å². The SMILES string of the molecule is CC1CC(c2cccc(CN=CC(=CN)Cc3cc(N)nc4n[nH]nc34)c2)CCN1. The van der Waals surface area contributed by atoms with Crippen LogP contribution in [0.15, 0.2) is 47.1 Å². The number of nitrogens with zero attached hydrogens (tertiary/aromatic N) is 4. The molecule has 0 saturated carbocycles. The predicted molar refractivity (Wildman–Crippen MR) is 120 cm³/mol. The van der Waals surface area contributed by atoms with Crippen LogP contribution in [0.5, 0.6) is 0 Å². The van der Waals surface area contributed by atoms with Crippen molar-refractivity contribution in [3.8, 4) is 0 Å². The minimum absolute atomic E-state index is 0.406. The van der Waals surface area contributed by atoms with E-state index in [4.69, 9.17) is 11.5 Å². The fourth-order valence-corrected chi connectivity index (χ4v) is 4.07. The fraction of sp³-hybridized carbons (Fsp3) is 0.364. The van der Waals surface area contributed by atoms with E-state index in [1.807, 2.05) is 6.21 Å². The Labute approximate surface area is 175 Å². The Morgan fingerprint density at radius 1 is 1.30 bits per heavy atom. The van der Waals surface area contributed by atoms with Gasteiger partial charge in [-0.3, -0.25) is 4.99 Å².